The van der Waals surface area contributed by atoms with Crippen molar-refractivity contribution in [2.24, 2.45) is 0 Å². The first-order valence-corrected chi connectivity index (χ1v) is 7.95. The van der Waals surface area contributed by atoms with Gasteiger partial charge in [0.05, 0.1) is 17.0 Å². The molecule has 4 rings (SSSR count). The molecular weight excluding hydrogens is 296 g/mol. The minimum atomic E-state index is -0.0195. The lowest BCUT2D eigenvalue weighted by Gasteiger charge is -2.19. The molecule has 116 valence electrons. The second kappa shape index (κ2) is 5.85. The van der Waals surface area contributed by atoms with E-state index in [0.717, 1.165) is 28.1 Å². The van der Waals surface area contributed by atoms with E-state index < -0.39 is 0 Å². The Bertz CT molecular complexity index is 944. The van der Waals surface area contributed by atoms with Crippen molar-refractivity contribution in [3.63, 3.8) is 0 Å². The Kier molecular flexibility index (Phi) is 3.54. The number of hydrogen-bond donors (Lipinski definition) is 0. The summed E-state index contributed by atoms with van der Waals surface area (Å²) in [6, 6.07) is 19.8. The zero-order valence-electron chi connectivity index (χ0n) is 13.4. The number of hydrogen-bond acceptors (Lipinski definition) is 3. The number of aryl methyl sites for hydroxylation is 1. The molecule has 0 unspecified atom stereocenters. The Hall–Kier alpha value is -3.07. The van der Waals surface area contributed by atoms with E-state index in [4.69, 9.17) is 0 Å². The van der Waals surface area contributed by atoms with Crippen molar-refractivity contribution in [3.05, 3.63) is 89.4 Å². The number of carbonyl (C=O) groups is 1. The molecule has 3 heteroatoms. The average molecular weight is 312 g/mol. The third-order valence-corrected chi connectivity index (χ3v) is 4.20. The maximum Gasteiger partial charge on any atom is 0.190 e. The molecule has 0 fully saturated rings. The number of aromatic nitrogens is 2. The van der Waals surface area contributed by atoms with E-state index in [2.05, 4.69) is 9.97 Å². The van der Waals surface area contributed by atoms with Crippen LogP contribution in [0.25, 0.3) is 16.8 Å². The lowest BCUT2D eigenvalue weighted by Crippen LogP contribution is -2.15. The van der Waals surface area contributed by atoms with Crippen LogP contribution in [0.5, 0.6) is 0 Å². The zero-order valence-corrected chi connectivity index (χ0v) is 13.4. The molecule has 24 heavy (non-hydrogen) atoms. The predicted molar refractivity (Wildman–Crippen MR) is 94.7 cm³/mol. The fraction of sp³-hybridized carbons (Fsp3) is 0.0952. The molecule has 1 aromatic heterocycles. The molecular formula is C21H16N2O. The summed E-state index contributed by atoms with van der Waals surface area (Å²) in [4.78, 5) is 21.9. The summed E-state index contributed by atoms with van der Waals surface area (Å²) in [5.41, 5.74) is 5.19. The number of allylic oxidation sites excluding steroid dienone is 2. The van der Waals surface area contributed by atoms with Crippen molar-refractivity contribution in [1.82, 2.24) is 9.97 Å². The number of nitrogens with zero attached hydrogens (tertiary/aromatic N) is 2. The predicted octanol–water partition coefficient (Wildman–Crippen LogP) is 4.27. The summed E-state index contributed by atoms with van der Waals surface area (Å²) in [5, 5.41) is 0. The molecule has 0 spiro atoms. The Balaban J connectivity index is 1.86. The highest BCUT2D eigenvalue weighted by Gasteiger charge is 2.25. The molecule has 0 aliphatic heterocycles. The summed E-state index contributed by atoms with van der Waals surface area (Å²) in [7, 11) is 0. The van der Waals surface area contributed by atoms with E-state index in [9.17, 15) is 4.79 Å². The molecule has 1 heterocycles. The summed E-state index contributed by atoms with van der Waals surface area (Å²) < 4.78 is 0. The quantitative estimate of drug-likeness (QED) is 0.709. The van der Waals surface area contributed by atoms with Crippen LogP contribution in [0, 0.1) is 6.92 Å². The summed E-state index contributed by atoms with van der Waals surface area (Å²) >= 11 is 0. The van der Waals surface area contributed by atoms with Gasteiger partial charge in [-0.3, -0.25) is 4.79 Å². The first-order chi connectivity index (χ1) is 11.7. The molecule has 0 N–H and O–H groups in total. The molecule has 0 bridgehead atoms. The van der Waals surface area contributed by atoms with Crippen molar-refractivity contribution in [1.29, 1.82) is 0 Å². The van der Waals surface area contributed by atoms with E-state index in [1.165, 1.54) is 0 Å². The van der Waals surface area contributed by atoms with Crippen LogP contribution < -0.4 is 0 Å². The lowest BCUT2D eigenvalue weighted by molar-refractivity contribution is 0.104. The lowest BCUT2D eigenvalue weighted by atomic mass is 9.88. The van der Waals surface area contributed by atoms with Crippen LogP contribution in [0.1, 0.15) is 27.4 Å². The fourth-order valence-corrected chi connectivity index (χ4v) is 3.12. The van der Waals surface area contributed by atoms with Crippen LogP contribution in [-0.4, -0.2) is 15.8 Å². The van der Waals surface area contributed by atoms with Crippen LogP contribution in [0.15, 0.2) is 66.7 Å². The van der Waals surface area contributed by atoms with E-state index >= 15 is 0 Å². The highest BCUT2D eigenvalue weighted by Crippen LogP contribution is 2.32. The van der Waals surface area contributed by atoms with Crippen molar-refractivity contribution in [3.8, 4) is 11.3 Å². The molecule has 0 amide bonds. The maximum atomic E-state index is 12.8. The van der Waals surface area contributed by atoms with Gasteiger partial charge in [0.25, 0.3) is 0 Å². The average Bonchev–Trinajstić information content (AvgIpc) is 2.62. The second-order valence-corrected chi connectivity index (χ2v) is 5.88. The molecule has 1 aliphatic rings. The third kappa shape index (κ3) is 2.54. The van der Waals surface area contributed by atoms with Gasteiger partial charge in [-0.05, 0) is 24.1 Å². The smallest absolute Gasteiger partial charge is 0.190 e. The Morgan fingerprint density at radius 1 is 0.833 bits per heavy atom. The molecule has 1 aliphatic carbocycles. The normalized spacial score (nSPS) is 13.4. The Morgan fingerprint density at radius 2 is 1.46 bits per heavy atom. The Labute approximate surface area is 140 Å². The number of carbonyl (C=O) groups excluding carboxylic acids is 1. The van der Waals surface area contributed by atoms with Gasteiger partial charge in [-0.2, -0.15) is 0 Å². The SMILES string of the molecule is Cc1nc2c(c(-c3ccccc3)n1)C(=O)C=C(c1ccccc1)C2. The van der Waals surface area contributed by atoms with Gasteiger partial charge in [-0.25, -0.2) is 9.97 Å². The maximum absolute atomic E-state index is 12.8. The monoisotopic (exact) mass is 312 g/mol. The van der Waals surface area contributed by atoms with Gasteiger partial charge < -0.3 is 0 Å². The molecule has 0 saturated carbocycles. The van der Waals surface area contributed by atoms with Gasteiger partial charge in [0.15, 0.2) is 5.78 Å². The van der Waals surface area contributed by atoms with E-state index in [0.29, 0.717) is 17.8 Å². The van der Waals surface area contributed by atoms with Crippen molar-refractivity contribution < 1.29 is 4.79 Å². The van der Waals surface area contributed by atoms with Crippen molar-refractivity contribution in [2.75, 3.05) is 0 Å². The summed E-state index contributed by atoms with van der Waals surface area (Å²) in [5.74, 6) is 0.670. The van der Waals surface area contributed by atoms with Crippen LogP contribution in [0.3, 0.4) is 0 Å². The van der Waals surface area contributed by atoms with Gasteiger partial charge in [0, 0.05) is 12.0 Å². The van der Waals surface area contributed by atoms with Crippen LogP contribution in [0.2, 0.25) is 0 Å². The van der Waals surface area contributed by atoms with Crippen LogP contribution >= 0.6 is 0 Å². The van der Waals surface area contributed by atoms with Gasteiger partial charge >= 0.3 is 0 Å². The summed E-state index contributed by atoms with van der Waals surface area (Å²) in [6.07, 6.45) is 2.37. The highest BCUT2D eigenvalue weighted by molar-refractivity contribution is 6.14. The minimum Gasteiger partial charge on any atom is -0.289 e. The van der Waals surface area contributed by atoms with Crippen LogP contribution in [-0.2, 0) is 6.42 Å². The van der Waals surface area contributed by atoms with Crippen molar-refractivity contribution >= 4 is 11.4 Å². The van der Waals surface area contributed by atoms with Crippen LogP contribution in [0.4, 0.5) is 0 Å². The Morgan fingerprint density at radius 3 is 2.12 bits per heavy atom. The van der Waals surface area contributed by atoms with E-state index in [1.54, 1.807) is 6.08 Å². The van der Waals surface area contributed by atoms with Gasteiger partial charge in [0.1, 0.15) is 5.82 Å². The molecule has 0 saturated heterocycles. The highest BCUT2D eigenvalue weighted by atomic mass is 16.1. The van der Waals surface area contributed by atoms with Crippen molar-refractivity contribution in [2.45, 2.75) is 13.3 Å². The van der Waals surface area contributed by atoms with Gasteiger partial charge in [-0.1, -0.05) is 60.7 Å². The number of rotatable bonds is 2. The second-order valence-electron chi connectivity index (χ2n) is 5.88. The molecule has 0 atom stereocenters. The number of benzene rings is 2. The topological polar surface area (TPSA) is 42.9 Å². The van der Waals surface area contributed by atoms with Gasteiger partial charge in [-0.15, -0.1) is 0 Å². The first-order valence-electron chi connectivity index (χ1n) is 7.95. The number of fused-ring (bicyclic) bond motifs is 1. The third-order valence-electron chi connectivity index (χ3n) is 4.20. The molecule has 3 aromatic rings. The molecule has 2 aromatic carbocycles. The van der Waals surface area contributed by atoms with E-state index in [-0.39, 0.29) is 5.78 Å². The largest absolute Gasteiger partial charge is 0.289 e. The zero-order chi connectivity index (χ0) is 16.5. The standard InChI is InChI=1S/C21H16N2O/c1-14-22-18-12-17(15-8-4-2-5-9-15)13-19(24)20(18)21(23-14)16-10-6-3-7-11-16/h2-11,13H,12H2,1H3. The summed E-state index contributed by atoms with van der Waals surface area (Å²) in [6.45, 7) is 1.87. The van der Waals surface area contributed by atoms with Gasteiger partial charge in [0.2, 0.25) is 0 Å². The number of ketones is 1. The first kappa shape index (κ1) is 14.5. The molecule has 3 nitrogen and oxygen atoms in total. The molecule has 0 radical (unpaired) electrons. The minimum absolute atomic E-state index is 0.0195. The van der Waals surface area contributed by atoms with E-state index in [1.807, 2.05) is 67.6 Å². The fourth-order valence-electron chi connectivity index (χ4n) is 3.12.